The number of rotatable bonds is 3. The molecule has 0 aliphatic carbocycles. The number of pyridine rings is 1. The number of aromatic nitrogens is 1. The summed E-state index contributed by atoms with van der Waals surface area (Å²) in [5.41, 5.74) is 2.56. The summed E-state index contributed by atoms with van der Waals surface area (Å²) >= 11 is 6.20. The first kappa shape index (κ1) is 20.5. The third-order valence-corrected chi connectivity index (χ3v) is 6.50. The molecule has 3 heterocycles. The Hall–Kier alpha value is -3.42. The van der Waals surface area contributed by atoms with Crippen molar-refractivity contribution in [3.8, 4) is 0 Å². The molecule has 0 saturated carbocycles. The number of nitrogens with one attached hydrogen (secondary N) is 1. The lowest BCUT2D eigenvalue weighted by molar-refractivity contribution is -0.00267. The number of urea groups is 1. The summed E-state index contributed by atoms with van der Waals surface area (Å²) in [6.45, 7) is 0.128. The van der Waals surface area contributed by atoms with E-state index in [0.717, 1.165) is 11.3 Å². The van der Waals surface area contributed by atoms with Crippen LogP contribution in [-0.4, -0.2) is 52.2 Å². The summed E-state index contributed by atoms with van der Waals surface area (Å²) in [5, 5.41) is 13.4. The highest BCUT2D eigenvalue weighted by molar-refractivity contribution is 6.33. The van der Waals surface area contributed by atoms with Gasteiger partial charge in [-0.05, 0) is 35.9 Å². The normalized spacial score (nSPS) is 21.2. The molecule has 2 N–H and O–H groups in total. The van der Waals surface area contributed by atoms with Crippen molar-refractivity contribution >= 4 is 34.9 Å². The molecule has 2 aromatic carbocycles. The SMILES string of the molecule is O=C(c1ccccn1)N1C[C@@H]2[C@H](c3ccccc31)[C@H](CO)N2C(=O)Nc1ccccc1Cl. The highest BCUT2D eigenvalue weighted by Crippen LogP contribution is 2.48. The molecular formula is C24H21ClN4O3. The van der Waals surface area contributed by atoms with Crippen molar-refractivity contribution in [1.29, 1.82) is 0 Å². The van der Waals surface area contributed by atoms with Crippen molar-refractivity contribution in [3.63, 3.8) is 0 Å². The van der Waals surface area contributed by atoms with Gasteiger partial charge in [0.15, 0.2) is 0 Å². The first-order valence-corrected chi connectivity index (χ1v) is 10.7. The van der Waals surface area contributed by atoms with Crippen LogP contribution in [0.3, 0.4) is 0 Å². The Balaban J connectivity index is 1.48. The number of carbonyl (C=O) groups is 2. The van der Waals surface area contributed by atoms with E-state index < -0.39 is 6.04 Å². The Kier molecular flexibility index (Phi) is 5.28. The van der Waals surface area contributed by atoms with Gasteiger partial charge in [0.05, 0.1) is 29.4 Å². The van der Waals surface area contributed by atoms with Crippen molar-refractivity contribution in [2.24, 2.45) is 0 Å². The third kappa shape index (κ3) is 3.30. The van der Waals surface area contributed by atoms with Crippen LogP contribution in [0.2, 0.25) is 5.02 Å². The van der Waals surface area contributed by atoms with E-state index in [4.69, 9.17) is 11.6 Å². The number of benzene rings is 2. The highest BCUT2D eigenvalue weighted by atomic mass is 35.5. The van der Waals surface area contributed by atoms with E-state index in [1.165, 1.54) is 0 Å². The van der Waals surface area contributed by atoms with Crippen LogP contribution in [0, 0.1) is 0 Å². The summed E-state index contributed by atoms with van der Waals surface area (Å²) in [7, 11) is 0. The predicted molar refractivity (Wildman–Crippen MR) is 122 cm³/mol. The highest BCUT2D eigenvalue weighted by Gasteiger charge is 2.55. The number of halogens is 1. The van der Waals surface area contributed by atoms with E-state index in [1.807, 2.05) is 24.3 Å². The van der Waals surface area contributed by atoms with Gasteiger partial charge in [-0.3, -0.25) is 9.78 Å². The largest absolute Gasteiger partial charge is 0.394 e. The van der Waals surface area contributed by atoms with Gasteiger partial charge in [-0.15, -0.1) is 0 Å². The van der Waals surface area contributed by atoms with Gasteiger partial charge in [-0.1, -0.05) is 48.0 Å². The van der Waals surface area contributed by atoms with Crippen LogP contribution in [0.5, 0.6) is 0 Å². The molecule has 2 aliphatic heterocycles. The zero-order valence-corrected chi connectivity index (χ0v) is 17.8. The zero-order valence-electron chi connectivity index (χ0n) is 17.1. The molecule has 8 heteroatoms. The lowest BCUT2D eigenvalue weighted by atomic mass is 9.72. The minimum Gasteiger partial charge on any atom is -0.394 e. The van der Waals surface area contributed by atoms with Gasteiger partial charge in [0, 0.05) is 24.3 Å². The molecular weight excluding hydrogens is 428 g/mol. The topological polar surface area (TPSA) is 85.8 Å². The van der Waals surface area contributed by atoms with E-state index in [2.05, 4.69) is 10.3 Å². The summed E-state index contributed by atoms with van der Waals surface area (Å²) < 4.78 is 0. The smallest absolute Gasteiger partial charge is 0.322 e. The molecule has 3 aromatic rings. The fourth-order valence-electron chi connectivity index (χ4n) is 4.73. The molecule has 1 aromatic heterocycles. The number of para-hydroxylation sites is 2. The molecule has 3 amide bonds. The average Bonchev–Trinajstić information content (AvgIpc) is 2.81. The Labute approximate surface area is 190 Å². The summed E-state index contributed by atoms with van der Waals surface area (Å²) in [5.74, 6) is -0.295. The third-order valence-electron chi connectivity index (χ3n) is 6.17. The number of hydrogen-bond acceptors (Lipinski definition) is 4. The molecule has 1 fully saturated rings. The van der Waals surface area contributed by atoms with E-state index in [-0.39, 0.29) is 30.5 Å². The van der Waals surface area contributed by atoms with Gasteiger partial charge in [0.25, 0.3) is 5.91 Å². The van der Waals surface area contributed by atoms with E-state index in [9.17, 15) is 14.7 Å². The van der Waals surface area contributed by atoms with E-state index >= 15 is 0 Å². The minimum absolute atomic E-state index is 0.0685. The van der Waals surface area contributed by atoms with Crippen LogP contribution >= 0.6 is 11.6 Å². The summed E-state index contributed by atoms with van der Waals surface area (Å²) in [6, 6.07) is 18.8. The minimum atomic E-state index is -0.393. The summed E-state index contributed by atoms with van der Waals surface area (Å²) in [6.07, 6.45) is 1.58. The van der Waals surface area contributed by atoms with Gasteiger partial charge in [-0.25, -0.2) is 4.79 Å². The van der Waals surface area contributed by atoms with Crippen molar-refractivity contribution < 1.29 is 14.7 Å². The number of carbonyl (C=O) groups excluding carboxylic acids is 2. The van der Waals surface area contributed by atoms with Crippen LogP contribution in [0.15, 0.2) is 72.9 Å². The Morgan fingerprint density at radius 2 is 1.81 bits per heavy atom. The van der Waals surface area contributed by atoms with Gasteiger partial charge in [0.2, 0.25) is 0 Å². The Morgan fingerprint density at radius 3 is 2.56 bits per heavy atom. The molecule has 32 heavy (non-hydrogen) atoms. The molecule has 0 bridgehead atoms. The monoisotopic (exact) mass is 448 g/mol. The first-order valence-electron chi connectivity index (χ1n) is 10.4. The Bertz CT molecular complexity index is 1170. The van der Waals surface area contributed by atoms with Crippen LogP contribution in [-0.2, 0) is 0 Å². The van der Waals surface area contributed by atoms with Crippen molar-refractivity contribution in [3.05, 3.63) is 89.2 Å². The lowest BCUT2D eigenvalue weighted by Gasteiger charge is -2.58. The first-order chi connectivity index (χ1) is 15.6. The number of amides is 3. The van der Waals surface area contributed by atoms with Gasteiger partial charge < -0.3 is 20.2 Å². The van der Waals surface area contributed by atoms with Gasteiger partial charge in [-0.2, -0.15) is 0 Å². The van der Waals surface area contributed by atoms with Crippen molar-refractivity contribution in [1.82, 2.24) is 9.88 Å². The number of aliphatic hydroxyl groups is 1. The average molecular weight is 449 g/mol. The molecule has 2 aliphatic rings. The van der Waals surface area contributed by atoms with Crippen LogP contribution in [0.25, 0.3) is 0 Å². The van der Waals surface area contributed by atoms with Crippen LogP contribution < -0.4 is 10.2 Å². The van der Waals surface area contributed by atoms with Crippen LogP contribution in [0.1, 0.15) is 22.0 Å². The second kappa shape index (κ2) is 8.26. The van der Waals surface area contributed by atoms with Crippen molar-refractivity contribution in [2.45, 2.75) is 18.0 Å². The molecule has 0 radical (unpaired) electrons. The lowest BCUT2D eigenvalue weighted by Crippen LogP contribution is -2.71. The molecule has 162 valence electrons. The molecule has 7 nitrogen and oxygen atoms in total. The number of fused-ring (bicyclic) bond motifs is 3. The van der Waals surface area contributed by atoms with Crippen LogP contribution in [0.4, 0.5) is 16.2 Å². The number of hydrogen-bond donors (Lipinski definition) is 2. The molecule has 5 rings (SSSR count). The van der Waals surface area contributed by atoms with E-state index in [0.29, 0.717) is 22.9 Å². The molecule has 0 spiro atoms. The maximum Gasteiger partial charge on any atom is 0.322 e. The second-order valence-electron chi connectivity index (χ2n) is 7.85. The Morgan fingerprint density at radius 1 is 1.06 bits per heavy atom. The number of likely N-dealkylation sites (tertiary alicyclic amines) is 1. The standard InChI is InChI=1S/C24H21ClN4O3/c25-16-8-2-3-9-17(16)27-24(32)29-20-13-28(23(31)18-10-5-6-12-26-18)19-11-4-1-7-15(19)22(20)21(29)14-30/h1-12,20-22,30H,13-14H2,(H,27,32)/t20-,21+,22+/m1/s1. The number of nitrogens with zero attached hydrogens (tertiary/aromatic N) is 3. The van der Waals surface area contributed by atoms with E-state index in [1.54, 1.807) is 58.5 Å². The number of anilines is 2. The zero-order chi connectivity index (χ0) is 22.2. The summed E-state index contributed by atoms with van der Waals surface area (Å²) in [4.78, 5) is 33.9. The van der Waals surface area contributed by atoms with Gasteiger partial charge in [0.1, 0.15) is 5.69 Å². The molecule has 3 atom stereocenters. The molecule has 0 unspecified atom stereocenters. The number of aliphatic hydroxyl groups excluding tert-OH is 1. The molecule has 1 saturated heterocycles. The maximum absolute atomic E-state index is 13.3. The predicted octanol–water partition coefficient (Wildman–Crippen LogP) is 3.76. The second-order valence-corrected chi connectivity index (χ2v) is 8.26. The fourth-order valence-corrected chi connectivity index (χ4v) is 4.91. The maximum atomic E-state index is 13.3. The quantitative estimate of drug-likeness (QED) is 0.639. The van der Waals surface area contributed by atoms with Gasteiger partial charge >= 0.3 is 6.03 Å². The van der Waals surface area contributed by atoms with Crippen molar-refractivity contribution in [2.75, 3.05) is 23.4 Å². The fraction of sp³-hybridized carbons (Fsp3) is 0.208.